The molecule has 3 aromatic heterocycles. The summed E-state index contributed by atoms with van der Waals surface area (Å²) in [7, 11) is 0. The number of hydrogen-bond acceptors (Lipinski definition) is 6. The first kappa shape index (κ1) is 18.2. The van der Waals surface area contributed by atoms with Gasteiger partial charge in [-0.3, -0.25) is 4.90 Å². The molecular formula is C20H24N6O2. The molecule has 0 spiro atoms. The van der Waals surface area contributed by atoms with Gasteiger partial charge in [0.15, 0.2) is 0 Å². The van der Waals surface area contributed by atoms with E-state index in [1.165, 1.54) is 29.6 Å². The quantitative estimate of drug-likeness (QED) is 0.743. The van der Waals surface area contributed by atoms with Crippen LogP contribution in [0, 0.1) is 0 Å². The second kappa shape index (κ2) is 6.78. The molecular weight excluding hydrogens is 356 g/mol. The van der Waals surface area contributed by atoms with Gasteiger partial charge in [0.05, 0.1) is 12.2 Å². The van der Waals surface area contributed by atoms with Crippen molar-refractivity contribution in [3.05, 3.63) is 48.2 Å². The molecule has 4 rings (SSSR count). The maximum absolute atomic E-state index is 12.8. The van der Waals surface area contributed by atoms with Gasteiger partial charge in [-0.2, -0.15) is 0 Å². The van der Waals surface area contributed by atoms with Gasteiger partial charge in [0.2, 0.25) is 0 Å². The number of amides is 1. The van der Waals surface area contributed by atoms with E-state index in [2.05, 4.69) is 27.2 Å². The van der Waals surface area contributed by atoms with Crippen molar-refractivity contribution in [2.24, 2.45) is 0 Å². The van der Waals surface area contributed by atoms with Crippen LogP contribution in [0.25, 0.3) is 5.65 Å². The van der Waals surface area contributed by atoms with E-state index < -0.39 is 11.7 Å². The number of nitrogens with two attached hydrogens (primary N) is 1. The van der Waals surface area contributed by atoms with Crippen LogP contribution in [0.3, 0.4) is 0 Å². The predicted molar refractivity (Wildman–Crippen MR) is 106 cm³/mol. The number of imidazole rings is 1. The lowest BCUT2D eigenvalue weighted by molar-refractivity contribution is 0.0576. The van der Waals surface area contributed by atoms with Crippen LogP contribution in [0.1, 0.15) is 50.8 Å². The van der Waals surface area contributed by atoms with E-state index in [4.69, 9.17) is 10.5 Å². The van der Waals surface area contributed by atoms with Gasteiger partial charge in [-0.25, -0.2) is 19.7 Å². The number of fused-ring (bicyclic) bond motifs is 1. The van der Waals surface area contributed by atoms with E-state index >= 15 is 0 Å². The number of nitrogen functional groups attached to an aromatic ring is 1. The molecule has 0 aliphatic heterocycles. The van der Waals surface area contributed by atoms with Crippen molar-refractivity contribution in [2.45, 2.75) is 51.7 Å². The number of anilines is 2. The second-order valence-electron chi connectivity index (χ2n) is 8.10. The largest absolute Gasteiger partial charge is 0.443 e. The molecule has 8 nitrogen and oxygen atoms in total. The summed E-state index contributed by atoms with van der Waals surface area (Å²) in [6.07, 6.45) is 7.35. The highest BCUT2D eigenvalue weighted by atomic mass is 16.6. The van der Waals surface area contributed by atoms with Crippen LogP contribution in [0.2, 0.25) is 0 Å². The summed E-state index contributed by atoms with van der Waals surface area (Å²) in [5.41, 5.74) is 8.04. The number of nitrogens with zero attached hydrogens (tertiary/aromatic N) is 5. The van der Waals surface area contributed by atoms with Gasteiger partial charge in [0.25, 0.3) is 0 Å². The molecule has 1 fully saturated rings. The van der Waals surface area contributed by atoms with Gasteiger partial charge in [-0.05, 0) is 51.2 Å². The molecule has 0 atom stereocenters. The van der Waals surface area contributed by atoms with Gasteiger partial charge in [-0.15, -0.1) is 0 Å². The number of rotatable bonds is 4. The van der Waals surface area contributed by atoms with E-state index in [1.54, 1.807) is 6.07 Å². The predicted octanol–water partition coefficient (Wildman–Crippen LogP) is 3.53. The fourth-order valence-electron chi connectivity index (χ4n) is 3.02. The van der Waals surface area contributed by atoms with Crippen LogP contribution in [0.15, 0.2) is 36.9 Å². The van der Waals surface area contributed by atoms with Crippen molar-refractivity contribution >= 4 is 23.4 Å². The molecule has 8 heteroatoms. The lowest BCUT2D eigenvalue weighted by atomic mass is 10.2. The number of ether oxygens (including phenoxy) is 1. The highest BCUT2D eigenvalue weighted by Crippen LogP contribution is 2.39. The highest BCUT2D eigenvalue weighted by molar-refractivity contribution is 5.86. The highest BCUT2D eigenvalue weighted by Gasteiger charge is 2.26. The lowest BCUT2D eigenvalue weighted by Crippen LogP contribution is -2.37. The first-order valence-electron chi connectivity index (χ1n) is 9.34. The van der Waals surface area contributed by atoms with Crippen LogP contribution < -0.4 is 10.6 Å². The van der Waals surface area contributed by atoms with Gasteiger partial charge in [0, 0.05) is 18.5 Å². The van der Waals surface area contributed by atoms with Crippen LogP contribution in [-0.4, -0.2) is 31.0 Å². The fourth-order valence-corrected chi connectivity index (χ4v) is 3.02. The fraction of sp³-hybridized carbons (Fsp3) is 0.400. The summed E-state index contributed by atoms with van der Waals surface area (Å²) < 4.78 is 7.56. The first-order chi connectivity index (χ1) is 13.3. The Kier molecular flexibility index (Phi) is 4.41. The van der Waals surface area contributed by atoms with Gasteiger partial charge in [-0.1, -0.05) is 6.07 Å². The molecule has 0 unspecified atom stereocenters. The minimum absolute atomic E-state index is 0.214. The third kappa shape index (κ3) is 4.05. The standard InChI is InChI=1S/C20H24N6O2/c1-20(2,3)28-19(27)26(18-8-16(21)22-12-23-18)11-15-10-25-9-14(13-4-5-13)6-7-17(25)24-15/h6-10,12-13H,4-5,11H2,1-3H3,(H2,21,22,23). The first-order valence-corrected chi connectivity index (χ1v) is 9.34. The molecule has 3 heterocycles. The van der Waals surface area contributed by atoms with E-state index in [1.807, 2.05) is 37.4 Å². The monoisotopic (exact) mass is 380 g/mol. The van der Waals surface area contributed by atoms with Crippen molar-refractivity contribution in [3.8, 4) is 0 Å². The van der Waals surface area contributed by atoms with E-state index in [-0.39, 0.29) is 12.4 Å². The van der Waals surface area contributed by atoms with Crippen LogP contribution in [0.5, 0.6) is 0 Å². The number of aromatic nitrogens is 4. The zero-order chi connectivity index (χ0) is 19.9. The summed E-state index contributed by atoms with van der Waals surface area (Å²) in [4.78, 5) is 27.0. The third-order valence-corrected chi connectivity index (χ3v) is 4.46. The Bertz CT molecular complexity index is 1020. The zero-order valence-electron chi connectivity index (χ0n) is 16.3. The van der Waals surface area contributed by atoms with Gasteiger partial charge >= 0.3 is 6.09 Å². The normalized spacial score (nSPS) is 14.2. The van der Waals surface area contributed by atoms with E-state index in [9.17, 15) is 4.79 Å². The average molecular weight is 380 g/mol. The lowest BCUT2D eigenvalue weighted by Gasteiger charge is -2.26. The molecule has 1 aliphatic carbocycles. The summed E-state index contributed by atoms with van der Waals surface area (Å²) in [5.74, 6) is 1.32. The Morgan fingerprint density at radius 3 is 2.75 bits per heavy atom. The number of hydrogen-bond donors (Lipinski definition) is 1. The van der Waals surface area contributed by atoms with Crippen molar-refractivity contribution in [1.82, 2.24) is 19.4 Å². The molecule has 1 saturated carbocycles. The van der Waals surface area contributed by atoms with Crippen molar-refractivity contribution in [3.63, 3.8) is 0 Å². The van der Waals surface area contributed by atoms with E-state index in [0.29, 0.717) is 11.7 Å². The topological polar surface area (TPSA) is 98.6 Å². The zero-order valence-corrected chi connectivity index (χ0v) is 16.3. The molecule has 28 heavy (non-hydrogen) atoms. The summed E-state index contributed by atoms with van der Waals surface area (Å²) in [6, 6.07) is 5.68. The minimum Gasteiger partial charge on any atom is -0.443 e. The van der Waals surface area contributed by atoms with Crippen LogP contribution in [-0.2, 0) is 11.3 Å². The summed E-state index contributed by atoms with van der Waals surface area (Å²) >= 11 is 0. The molecule has 0 aromatic carbocycles. The van der Waals surface area contributed by atoms with Crippen molar-refractivity contribution < 1.29 is 9.53 Å². The van der Waals surface area contributed by atoms with Gasteiger partial charge in [0.1, 0.15) is 29.2 Å². The smallest absolute Gasteiger partial charge is 0.416 e. The second-order valence-corrected chi connectivity index (χ2v) is 8.10. The Labute approximate surface area is 163 Å². The van der Waals surface area contributed by atoms with E-state index in [0.717, 1.165) is 11.3 Å². The number of carbonyl (C=O) groups is 1. The molecule has 146 valence electrons. The van der Waals surface area contributed by atoms with Crippen LogP contribution >= 0.6 is 0 Å². The molecule has 3 aromatic rings. The molecule has 1 amide bonds. The summed E-state index contributed by atoms with van der Waals surface area (Å²) in [6.45, 7) is 5.68. The Balaban J connectivity index is 1.64. The van der Waals surface area contributed by atoms with Crippen molar-refractivity contribution in [1.29, 1.82) is 0 Å². The third-order valence-electron chi connectivity index (χ3n) is 4.46. The molecule has 0 bridgehead atoms. The molecule has 2 N–H and O–H groups in total. The molecule has 1 aliphatic rings. The molecule has 0 saturated heterocycles. The number of carbonyl (C=O) groups excluding carboxylic acids is 1. The molecule has 0 radical (unpaired) electrons. The van der Waals surface area contributed by atoms with Crippen molar-refractivity contribution in [2.75, 3.05) is 10.6 Å². The maximum atomic E-state index is 12.8. The summed E-state index contributed by atoms with van der Waals surface area (Å²) in [5, 5.41) is 0. The average Bonchev–Trinajstić information content (AvgIpc) is 3.37. The van der Waals surface area contributed by atoms with Gasteiger partial charge < -0.3 is 14.9 Å². The Morgan fingerprint density at radius 2 is 2.07 bits per heavy atom. The Hall–Kier alpha value is -3.16. The van der Waals surface area contributed by atoms with Crippen LogP contribution in [0.4, 0.5) is 16.4 Å². The SMILES string of the molecule is CC(C)(C)OC(=O)N(Cc1cn2cc(C3CC3)ccc2n1)c1cc(N)ncn1. The minimum atomic E-state index is -0.633. The number of pyridine rings is 1. The Morgan fingerprint density at radius 1 is 1.29 bits per heavy atom. The maximum Gasteiger partial charge on any atom is 0.416 e.